The molecule has 2 aliphatic heterocycles. The van der Waals surface area contributed by atoms with Crippen molar-refractivity contribution in [3.8, 4) is 0 Å². The Balaban J connectivity index is 1.33. The van der Waals surface area contributed by atoms with Crippen molar-refractivity contribution in [3.63, 3.8) is 0 Å². The van der Waals surface area contributed by atoms with E-state index in [1.807, 2.05) is 41.0 Å². The summed E-state index contributed by atoms with van der Waals surface area (Å²) in [4.78, 5) is 41.8. The number of anilines is 3. The van der Waals surface area contributed by atoms with Crippen LogP contribution >= 0.6 is 12.2 Å². The van der Waals surface area contributed by atoms with Crippen molar-refractivity contribution in [2.24, 2.45) is 0 Å². The van der Waals surface area contributed by atoms with Gasteiger partial charge in [-0.05, 0) is 61.5 Å². The van der Waals surface area contributed by atoms with Gasteiger partial charge in [0.1, 0.15) is 5.69 Å². The van der Waals surface area contributed by atoms with Gasteiger partial charge in [-0.1, -0.05) is 6.92 Å². The van der Waals surface area contributed by atoms with E-state index < -0.39 is 10.8 Å². The van der Waals surface area contributed by atoms with Crippen molar-refractivity contribution in [3.05, 3.63) is 58.1 Å². The number of carbonyl (C=O) groups is 2. The largest absolute Gasteiger partial charge is 0.368 e. The van der Waals surface area contributed by atoms with E-state index in [0.29, 0.717) is 30.9 Å². The first-order valence-corrected chi connectivity index (χ1v) is 12.5. The number of nitrogens with one attached hydrogen (secondary N) is 2. The molecule has 36 heavy (non-hydrogen) atoms. The molecule has 2 fully saturated rings. The first-order valence-electron chi connectivity index (χ1n) is 12.1. The third kappa shape index (κ3) is 5.91. The Labute approximate surface area is 215 Å². The monoisotopic (exact) mass is 510 g/mol. The Morgan fingerprint density at radius 1 is 0.972 bits per heavy atom. The minimum Gasteiger partial charge on any atom is -0.368 e. The van der Waals surface area contributed by atoms with Crippen LogP contribution in [0.4, 0.5) is 22.7 Å². The molecule has 2 amide bonds. The summed E-state index contributed by atoms with van der Waals surface area (Å²) in [7, 11) is 0. The maximum Gasteiger partial charge on any atom is 0.293 e. The van der Waals surface area contributed by atoms with Crippen LogP contribution in [0.25, 0.3) is 0 Å². The molecule has 10 nitrogen and oxygen atoms in total. The normalized spacial score (nSPS) is 15.5. The Kier molecular flexibility index (Phi) is 7.99. The summed E-state index contributed by atoms with van der Waals surface area (Å²) < 4.78 is 0. The first kappa shape index (κ1) is 25.4. The van der Waals surface area contributed by atoms with Crippen molar-refractivity contribution >= 4 is 51.9 Å². The van der Waals surface area contributed by atoms with E-state index in [0.717, 1.165) is 44.7 Å². The summed E-state index contributed by atoms with van der Waals surface area (Å²) in [6.45, 7) is 6.38. The van der Waals surface area contributed by atoms with E-state index in [4.69, 9.17) is 12.2 Å². The predicted octanol–water partition coefficient (Wildman–Crippen LogP) is 3.38. The van der Waals surface area contributed by atoms with Gasteiger partial charge in [-0.15, -0.1) is 0 Å². The van der Waals surface area contributed by atoms with Gasteiger partial charge < -0.3 is 20.0 Å². The summed E-state index contributed by atoms with van der Waals surface area (Å²) in [5.74, 6) is -0.332. The standard InChI is InChI=1S/C25H30N6O4S/c1-2-23(32)30-15-13-28(14-16-30)20-8-6-19(7-9-20)26-25(36)27-24(33)18-5-10-21(22(17-18)31(34)35)29-11-3-4-12-29/h5-10,17H,2-4,11-16H2,1H3,(H2,26,27,33,36). The van der Waals surface area contributed by atoms with Gasteiger partial charge in [0.2, 0.25) is 5.91 Å². The zero-order valence-corrected chi connectivity index (χ0v) is 21.1. The van der Waals surface area contributed by atoms with Crippen LogP contribution in [0.1, 0.15) is 36.5 Å². The summed E-state index contributed by atoms with van der Waals surface area (Å²) in [5.41, 5.74) is 2.38. The van der Waals surface area contributed by atoms with Crippen molar-refractivity contribution < 1.29 is 14.5 Å². The van der Waals surface area contributed by atoms with E-state index in [1.54, 1.807) is 12.1 Å². The minimum atomic E-state index is -0.514. The van der Waals surface area contributed by atoms with E-state index >= 15 is 0 Å². The highest BCUT2D eigenvalue weighted by molar-refractivity contribution is 7.80. The Bertz CT molecular complexity index is 1140. The second kappa shape index (κ2) is 11.3. The number of hydrogen-bond acceptors (Lipinski definition) is 7. The molecular weight excluding hydrogens is 480 g/mol. The van der Waals surface area contributed by atoms with Crippen molar-refractivity contribution in [2.45, 2.75) is 26.2 Å². The van der Waals surface area contributed by atoms with Crippen LogP contribution < -0.4 is 20.4 Å². The van der Waals surface area contributed by atoms with Crippen LogP contribution in [0.5, 0.6) is 0 Å². The summed E-state index contributed by atoms with van der Waals surface area (Å²) in [5, 5.41) is 17.3. The van der Waals surface area contributed by atoms with E-state index in [1.165, 1.54) is 6.07 Å². The van der Waals surface area contributed by atoms with E-state index in [2.05, 4.69) is 15.5 Å². The fraction of sp³-hybridized carbons (Fsp3) is 0.400. The molecule has 4 rings (SSSR count). The molecule has 2 aromatic rings. The zero-order valence-electron chi connectivity index (χ0n) is 20.2. The molecule has 0 unspecified atom stereocenters. The van der Waals surface area contributed by atoms with Crippen molar-refractivity contribution in [1.29, 1.82) is 0 Å². The molecule has 0 radical (unpaired) electrons. The fourth-order valence-corrected chi connectivity index (χ4v) is 4.78. The van der Waals surface area contributed by atoms with Crippen LogP contribution in [-0.4, -0.2) is 66.0 Å². The lowest BCUT2D eigenvalue weighted by molar-refractivity contribution is -0.384. The van der Waals surface area contributed by atoms with Gasteiger partial charge in [-0.25, -0.2) is 0 Å². The van der Waals surface area contributed by atoms with Gasteiger partial charge in [0.25, 0.3) is 11.6 Å². The summed E-state index contributed by atoms with van der Waals surface area (Å²) in [6, 6.07) is 12.2. The third-order valence-corrected chi connectivity index (χ3v) is 6.74. The Morgan fingerprint density at radius 3 is 2.25 bits per heavy atom. The number of thiocarbonyl (C=S) groups is 1. The molecule has 0 aliphatic carbocycles. The molecule has 2 aliphatic rings. The van der Waals surface area contributed by atoms with Crippen LogP contribution in [0.3, 0.4) is 0 Å². The highest BCUT2D eigenvalue weighted by Gasteiger charge is 2.24. The van der Waals surface area contributed by atoms with Crippen molar-refractivity contribution in [1.82, 2.24) is 10.2 Å². The fourth-order valence-electron chi connectivity index (χ4n) is 4.57. The Hall–Kier alpha value is -3.73. The number of rotatable bonds is 6. The number of nitro benzene ring substituents is 1. The number of carbonyl (C=O) groups excluding carboxylic acids is 2. The lowest BCUT2D eigenvalue weighted by Crippen LogP contribution is -2.48. The van der Waals surface area contributed by atoms with Gasteiger partial charge in [0, 0.05) is 68.7 Å². The summed E-state index contributed by atoms with van der Waals surface area (Å²) >= 11 is 5.28. The van der Waals surface area contributed by atoms with Crippen molar-refractivity contribution in [2.75, 3.05) is 54.4 Å². The molecule has 0 aromatic heterocycles. The predicted molar refractivity (Wildman–Crippen MR) is 144 cm³/mol. The van der Waals surface area contributed by atoms with E-state index in [9.17, 15) is 19.7 Å². The second-order valence-corrected chi connectivity index (χ2v) is 9.24. The van der Waals surface area contributed by atoms with Gasteiger partial charge in [0.15, 0.2) is 5.11 Å². The SMILES string of the molecule is CCC(=O)N1CCN(c2ccc(NC(=S)NC(=O)c3ccc(N4CCCC4)c([N+](=O)[O-])c3)cc2)CC1. The maximum atomic E-state index is 12.7. The average molecular weight is 511 g/mol. The number of nitro groups is 1. The van der Waals surface area contributed by atoms with E-state index in [-0.39, 0.29) is 22.3 Å². The molecule has 2 aromatic carbocycles. The third-order valence-electron chi connectivity index (χ3n) is 6.53. The smallest absolute Gasteiger partial charge is 0.293 e. The van der Waals surface area contributed by atoms with Crippen LogP contribution in [-0.2, 0) is 4.79 Å². The maximum absolute atomic E-state index is 12.7. The topological polar surface area (TPSA) is 111 Å². The molecule has 190 valence electrons. The van der Waals surface area contributed by atoms with Gasteiger partial charge in [0.05, 0.1) is 4.92 Å². The molecule has 11 heteroatoms. The molecule has 0 atom stereocenters. The molecule has 2 heterocycles. The number of piperazine rings is 1. The number of benzene rings is 2. The lowest BCUT2D eigenvalue weighted by Gasteiger charge is -2.36. The first-order chi connectivity index (χ1) is 17.4. The number of hydrogen-bond donors (Lipinski definition) is 2. The molecule has 2 saturated heterocycles. The number of nitrogens with zero attached hydrogens (tertiary/aromatic N) is 4. The van der Waals surface area contributed by atoms with Crippen LogP contribution in [0.15, 0.2) is 42.5 Å². The zero-order chi connectivity index (χ0) is 25.7. The van der Waals surface area contributed by atoms with Gasteiger partial charge in [-0.3, -0.25) is 25.0 Å². The van der Waals surface area contributed by atoms with Crippen LogP contribution in [0, 0.1) is 10.1 Å². The highest BCUT2D eigenvalue weighted by Crippen LogP contribution is 2.31. The molecule has 0 spiro atoms. The molecule has 2 N–H and O–H groups in total. The second-order valence-electron chi connectivity index (χ2n) is 8.83. The highest BCUT2D eigenvalue weighted by atomic mass is 32.1. The minimum absolute atomic E-state index is 0.0843. The lowest BCUT2D eigenvalue weighted by atomic mass is 10.1. The number of amides is 2. The Morgan fingerprint density at radius 2 is 1.64 bits per heavy atom. The summed E-state index contributed by atoms with van der Waals surface area (Å²) in [6.07, 6.45) is 2.52. The molecule has 0 saturated carbocycles. The quantitative estimate of drug-likeness (QED) is 0.346. The molecular formula is C25H30N6O4S. The van der Waals surface area contributed by atoms with Gasteiger partial charge >= 0.3 is 0 Å². The molecule has 0 bridgehead atoms. The van der Waals surface area contributed by atoms with Crippen LogP contribution in [0.2, 0.25) is 0 Å². The van der Waals surface area contributed by atoms with Gasteiger partial charge in [-0.2, -0.15) is 0 Å². The average Bonchev–Trinajstić information content (AvgIpc) is 3.43.